The second-order valence-electron chi connectivity index (χ2n) is 7.09. The number of H-pyrrole nitrogens is 1. The first-order chi connectivity index (χ1) is 12.8. The summed E-state index contributed by atoms with van der Waals surface area (Å²) in [6.45, 7) is 5.05. The number of carbonyl (C=O) groups is 1. The van der Waals surface area contributed by atoms with Crippen LogP contribution in [0.15, 0.2) is 43.3 Å². The number of rotatable bonds is 5. The average Bonchev–Trinajstić information content (AvgIpc) is 3.13. The highest BCUT2D eigenvalue weighted by atomic mass is 16.5. The van der Waals surface area contributed by atoms with Gasteiger partial charge in [-0.1, -0.05) is 18.7 Å². The van der Waals surface area contributed by atoms with Crippen LogP contribution >= 0.6 is 0 Å². The highest BCUT2D eigenvalue weighted by Gasteiger charge is 2.22. The summed E-state index contributed by atoms with van der Waals surface area (Å²) in [6, 6.07) is 2.11. The number of ketones is 1. The minimum absolute atomic E-state index is 0.144. The first kappa shape index (κ1) is 17.0. The molecule has 0 fully saturated rings. The highest BCUT2D eigenvalue weighted by Crippen LogP contribution is 2.38. The molecule has 0 bridgehead atoms. The summed E-state index contributed by atoms with van der Waals surface area (Å²) in [7, 11) is 0. The van der Waals surface area contributed by atoms with Gasteiger partial charge < -0.3 is 9.72 Å². The molecule has 0 amide bonds. The van der Waals surface area contributed by atoms with Gasteiger partial charge in [0.1, 0.15) is 5.65 Å². The molecule has 1 atom stereocenters. The molecule has 4 nitrogen and oxygen atoms in total. The maximum atomic E-state index is 11.8. The molecule has 1 unspecified atom stereocenters. The van der Waals surface area contributed by atoms with Crippen LogP contribution in [-0.4, -0.2) is 29.0 Å². The van der Waals surface area contributed by atoms with Gasteiger partial charge in [0.2, 0.25) is 0 Å². The van der Waals surface area contributed by atoms with Gasteiger partial charge in [-0.05, 0) is 60.5 Å². The Morgan fingerprint density at radius 2 is 2.27 bits per heavy atom. The molecule has 0 saturated carbocycles. The van der Waals surface area contributed by atoms with E-state index in [9.17, 15) is 4.79 Å². The summed E-state index contributed by atoms with van der Waals surface area (Å²) in [4.78, 5) is 19.6. The molecular weight excluding hydrogens is 324 g/mol. The molecule has 26 heavy (non-hydrogen) atoms. The maximum Gasteiger partial charge on any atom is 0.155 e. The van der Waals surface area contributed by atoms with Gasteiger partial charge in [-0.2, -0.15) is 0 Å². The van der Waals surface area contributed by atoms with Crippen LogP contribution in [0.2, 0.25) is 0 Å². The molecular formula is C22H24N2O2. The second-order valence-corrected chi connectivity index (χ2v) is 7.09. The summed E-state index contributed by atoms with van der Waals surface area (Å²) in [5, 5.41) is 1.20. The maximum absolute atomic E-state index is 11.8. The average molecular weight is 348 g/mol. The van der Waals surface area contributed by atoms with Crippen molar-refractivity contribution in [2.24, 2.45) is 5.92 Å². The van der Waals surface area contributed by atoms with E-state index in [1.165, 1.54) is 33.7 Å². The van der Waals surface area contributed by atoms with Crippen LogP contribution in [0.3, 0.4) is 0 Å². The van der Waals surface area contributed by atoms with E-state index >= 15 is 0 Å². The van der Waals surface area contributed by atoms with Gasteiger partial charge in [0.05, 0.1) is 13.2 Å². The number of fused-ring (bicyclic) bond motifs is 1. The SMILES string of the molecule is C=CC(=O)CC1CCC=C(c2ccnc3[nH]cc(C4=CCOCC4)c23)C1. The van der Waals surface area contributed by atoms with E-state index in [4.69, 9.17) is 4.74 Å². The van der Waals surface area contributed by atoms with Crippen LogP contribution < -0.4 is 0 Å². The zero-order valence-electron chi connectivity index (χ0n) is 15.0. The van der Waals surface area contributed by atoms with Gasteiger partial charge in [-0.15, -0.1) is 0 Å². The second kappa shape index (κ2) is 7.42. The van der Waals surface area contributed by atoms with E-state index in [-0.39, 0.29) is 5.78 Å². The highest BCUT2D eigenvalue weighted by molar-refractivity contribution is 5.99. The van der Waals surface area contributed by atoms with E-state index in [0.29, 0.717) is 18.9 Å². The molecule has 1 aliphatic heterocycles. The molecule has 1 N–H and O–H groups in total. The van der Waals surface area contributed by atoms with Gasteiger partial charge in [0, 0.05) is 29.8 Å². The summed E-state index contributed by atoms with van der Waals surface area (Å²) in [5.74, 6) is 0.541. The summed E-state index contributed by atoms with van der Waals surface area (Å²) < 4.78 is 5.46. The fraction of sp³-hybridized carbons (Fsp3) is 0.364. The standard InChI is InChI=1S/C22H24N2O2/c1-2-18(25)13-15-4-3-5-17(12-15)19-6-9-23-22-21(19)20(14-24-22)16-7-10-26-11-8-16/h2,5-7,9,14-15H,1,3-4,8,10-13H2,(H,23,24). The van der Waals surface area contributed by atoms with Crippen LogP contribution in [0.25, 0.3) is 22.2 Å². The van der Waals surface area contributed by atoms with Crippen molar-refractivity contribution in [1.29, 1.82) is 0 Å². The number of aromatic nitrogens is 2. The fourth-order valence-electron chi connectivity index (χ4n) is 4.10. The van der Waals surface area contributed by atoms with Crippen molar-refractivity contribution in [1.82, 2.24) is 9.97 Å². The number of aromatic amines is 1. The monoisotopic (exact) mass is 348 g/mol. The fourth-order valence-corrected chi connectivity index (χ4v) is 4.10. The van der Waals surface area contributed by atoms with Crippen LogP contribution in [0, 0.1) is 5.92 Å². The Balaban J connectivity index is 1.71. The number of ether oxygens (including phenoxy) is 1. The zero-order chi connectivity index (χ0) is 17.9. The Bertz CT molecular complexity index is 904. The Morgan fingerprint density at radius 1 is 1.35 bits per heavy atom. The number of hydrogen-bond acceptors (Lipinski definition) is 3. The number of carbonyl (C=O) groups excluding carboxylic acids is 1. The third-order valence-electron chi connectivity index (χ3n) is 5.42. The van der Waals surface area contributed by atoms with Gasteiger partial charge in [0.25, 0.3) is 0 Å². The Hall–Kier alpha value is -2.46. The van der Waals surface area contributed by atoms with Gasteiger partial charge in [-0.25, -0.2) is 4.98 Å². The number of nitrogens with zero attached hydrogens (tertiary/aromatic N) is 1. The van der Waals surface area contributed by atoms with Crippen molar-refractivity contribution in [3.63, 3.8) is 0 Å². The lowest BCUT2D eigenvalue weighted by molar-refractivity contribution is -0.115. The van der Waals surface area contributed by atoms with Crippen molar-refractivity contribution in [3.8, 4) is 0 Å². The van der Waals surface area contributed by atoms with E-state index in [1.807, 2.05) is 6.20 Å². The lowest BCUT2D eigenvalue weighted by atomic mass is 9.82. The first-order valence-corrected chi connectivity index (χ1v) is 9.34. The van der Waals surface area contributed by atoms with E-state index in [2.05, 4.69) is 41.0 Å². The van der Waals surface area contributed by atoms with Crippen LogP contribution in [-0.2, 0) is 9.53 Å². The third kappa shape index (κ3) is 3.29. The summed E-state index contributed by atoms with van der Waals surface area (Å²) >= 11 is 0. The molecule has 0 radical (unpaired) electrons. The first-order valence-electron chi connectivity index (χ1n) is 9.34. The predicted molar refractivity (Wildman–Crippen MR) is 105 cm³/mol. The van der Waals surface area contributed by atoms with Crippen LogP contribution in [0.5, 0.6) is 0 Å². The molecule has 4 rings (SSSR count). The van der Waals surface area contributed by atoms with Gasteiger partial charge >= 0.3 is 0 Å². The number of pyridine rings is 1. The number of hydrogen-bond donors (Lipinski definition) is 1. The van der Waals surface area contributed by atoms with Crippen LogP contribution in [0.1, 0.15) is 43.2 Å². The molecule has 4 heteroatoms. The van der Waals surface area contributed by atoms with E-state index < -0.39 is 0 Å². The minimum atomic E-state index is 0.144. The quantitative estimate of drug-likeness (QED) is 0.797. The largest absolute Gasteiger partial charge is 0.377 e. The number of nitrogens with one attached hydrogen (secondary N) is 1. The molecule has 2 aromatic rings. The van der Waals surface area contributed by atoms with Crippen molar-refractivity contribution in [2.75, 3.05) is 13.2 Å². The van der Waals surface area contributed by atoms with Crippen molar-refractivity contribution in [2.45, 2.75) is 32.1 Å². The topological polar surface area (TPSA) is 55.0 Å². The molecule has 1 aliphatic carbocycles. The normalized spacial score (nSPS) is 20.5. The zero-order valence-corrected chi connectivity index (χ0v) is 15.0. The molecule has 0 saturated heterocycles. The van der Waals surface area contributed by atoms with E-state index in [1.54, 1.807) is 0 Å². The smallest absolute Gasteiger partial charge is 0.155 e. The lowest BCUT2D eigenvalue weighted by Crippen LogP contribution is -2.11. The van der Waals surface area contributed by atoms with Gasteiger partial charge in [0.15, 0.2) is 5.78 Å². The Morgan fingerprint density at radius 3 is 3.08 bits per heavy atom. The summed E-state index contributed by atoms with van der Waals surface area (Å²) in [5.41, 5.74) is 6.06. The van der Waals surface area contributed by atoms with Crippen molar-refractivity contribution < 1.29 is 9.53 Å². The molecule has 0 spiro atoms. The number of allylic oxidation sites excluding steroid dienone is 3. The van der Waals surface area contributed by atoms with Crippen molar-refractivity contribution >= 4 is 28.0 Å². The van der Waals surface area contributed by atoms with Gasteiger partial charge in [-0.3, -0.25) is 4.79 Å². The van der Waals surface area contributed by atoms with Crippen LogP contribution in [0.4, 0.5) is 0 Å². The predicted octanol–water partition coefficient (Wildman–Crippen LogP) is 4.70. The molecule has 3 heterocycles. The lowest BCUT2D eigenvalue weighted by Gasteiger charge is -2.23. The Labute approximate surface area is 153 Å². The molecule has 2 aromatic heterocycles. The Kier molecular flexibility index (Phi) is 4.85. The molecule has 0 aromatic carbocycles. The molecule has 2 aliphatic rings. The van der Waals surface area contributed by atoms with E-state index in [0.717, 1.165) is 37.9 Å². The summed E-state index contributed by atoms with van der Waals surface area (Å²) in [6.07, 6.45) is 14.4. The third-order valence-corrected chi connectivity index (χ3v) is 5.42. The minimum Gasteiger partial charge on any atom is -0.377 e. The van der Waals surface area contributed by atoms with Crippen molar-refractivity contribution in [3.05, 3.63) is 54.4 Å². The molecule has 134 valence electrons.